The van der Waals surface area contributed by atoms with Crippen molar-refractivity contribution in [3.05, 3.63) is 48.0 Å². The molecule has 2 aromatic heterocycles. The third-order valence-corrected chi connectivity index (χ3v) is 3.69. The highest BCUT2D eigenvalue weighted by Gasteiger charge is 2.26. The first-order chi connectivity index (χ1) is 10.6. The van der Waals surface area contributed by atoms with Crippen LogP contribution in [0.15, 0.2) is 36.8 Å². The van der Waals surface area contributed by atoms with Crippen LogP contribution in [0.4, 0.5) is 0 Å². The minimum absolute atomic E-state index is 0.0435. The van der Waals surface area contributed by atoms with E-state index in [9.17, 15) is 9.59 Å². The normalized spacial score (nSPS) is 15.0. The summed E-state index contributed by atoms with van der Waals surface area (Å²) in [6, 6.07) is 5.28. The number of piperazine rings is 1. The molecular formula is C15H17N5O2. The molecule has 2 amide bonds. The molecule has 114 valence electrons. The van der Waals surface area contributed by atoms with E-state index in [4.69, 9.17) is 0 Å². The third-order valence-electron chi connectivity index (χ3n) is 3.69. The van der Waals surface area contributed by atoms with Crippen molar-refractivity contribution in [2.45, 2.75) is 0 Å². The Kier molecular flexibility index (Phi) is 3.86. The van der Waals surface area contributed by atoms with Crippen LogP contribution < -0.4 is 0 Å². The molecule has 2 aromatic rings. The summed E-state index contributed by atoms with van der Waals surface area (Å²) in [5, 5.41) is 4.01. The Bertz CT molecular complexity index is 674. The Morgan fingerprint density at radius 2 is 1.73 bits per heavy atom. The van der Waals surface area contributed by atoms with Crippen molar-refractivity contribution < 1.29 is 9.59 Å². The van der Waals surface area contributed by atoms with E-state index < -0.39 is 0 Å². The van der Waals surface area contributed by atoms with Gasteiger partial charge in [-0.2, -0.15) is 5.10 Å². The molecule has 1 saturated heterocycles. The van der Waals surface area contributed by atoms with Crippen molar-refractivity contribution in [2.75, 3.05) is 26.2 Å². The average molecular weight is 299 g/mol. The maximum Gasteiger partial charge on any atom is 0.272 e. The standard InChI is InChI=1S/C15H17N5O2/c1-18-11-12(10-17-18)14(21)19-6-8-20(9-7-19)15(22)13-4-2-3-5-16-13/h2-5,10-11H,6-9H2,1H3. The maximum atomic E-state index is 12.3. The van der Waals surface area contributed by atoms with Crippen molar-refractivity contribution >= 4 is 11.8 Å². The van der Waals surface area contributed by atoms with Crippen LogP contribution in [0, 0.1) is 0 Å². The van der Waals surface area contributed by atoms with E-state index in [1.54, 1.807) is 58.3 Å². The fraction of sp³-hybridized carbons (Fsp3) is 0.333. The van der Waals surface area contributed by atoms with Crippen LogP contribution in [0.2, 0.25) is 0 Å². The van der Waals surface area contributed by atoms with Crippen molar-refractivity contribution in [1.82, 2.24) is 24.6 Å². The molecule has 22 heavy (non-hydrogen) atoms. The van der Waals surface area contributed by atoms with E-state index in [1.807, 2.05) is 0 Å². The number of hydrogen-bond donors (Lipinski definition) is 0. The number of pyridine rings is 1. The number of hydrogen-bond acceptors (Lipinski definition) is 4. The number of rotatable bonds is 2. The van der Waals surface area contributed by atoms with Gasteiger partial charge in [0.2, 0.25) is 0 Å². The van der Waals surface area contributed by atoms with Gasteiger partial charge in [0.1, 0.15) is 5.69 Å². The van der Waals surface area contributed by atoms with Crippen molar-refractivity contribution in [1.29, 1.82) is 0 Å². The molecule has 0 atom stereocenters. The molecule has 0 saturated carbocycles. The zero-order valence-electron chi connectivity index (χ0n) is 12.3. The van der Waals surface area contributed by atoms with E-state index in [0.29, 0.717) is 37.4 Å². The Labute approximate surface area is 128 Å². The van der Waals surface area contributed by atoms with E-state index in [0.717, 1.165) is 0 Å². The minimum Gasteiger partial charge on any atom is -0.335 e. The van der Waals surface area contributed by atoms with Gasteiger partial charge < -0.3 is 9.80 Å². The zero-order valence-corrected chi connectivity index (χ0v) is 12.3. The summed E-state index contributed by atoms with van der Waals surface area (Å²) in [4.78, 5) is 32.2. The summed E-state index contributed by atoms with van der Waals surface area (Å²) in [7, 11) is 1.78. The Morgan fingerprint density at radius 3 is 2.27 bits per heavy atom. The van der Waals surface area contributed by atoms with Gasteiger partial charge in [0.15, 0.2) is 0 Å². The Balaban J connectivity index is 1.61. The Hall–Kier alpha value is -2.70. The molecule has 0 unspecified atom stereocenters. The zero-order chi connectivity index (χ0) is 15.5. The van der Waals surface area contributed by atoms with Gasteiger partial charge in [-0.15, -0.1) is 0 Å². The fourth-order valence-corrected chi connectivity index (χ4v) is 2.48. The summed E-state index contributed by atoms with van der Waals surface area (Å²) < 4.78 is 1.61. The van der Waals surface area contributed by atoms with Gasteiger partial charge in [0.25, 0.3) is 11.8 Å². The molecule has 0 aromatic carbocycles. The lowest BCUT2D eigenvalue weighted by molar-refractivity contribution is 0.0532. The van der Waals surface area contributed by atoms with Gasteiger partial charge in [-0.05, 0) is 12.1 Å². The van der Waals surface area contributed by atoms with Crippen molar-refractivity contribution in [2.24, 2.45) is 7.05 Å². The second-order valence-electron chi connectivity index (χ2n) is 5.20. The van der Waals surface area contributed by atoms with Crippen LogP contribution in [0.25, 0.3) is 0 Å². The molecule has 3 heterocycles. The number of aromatic nitrogens is 3. The second kappa shape index (κ2) is 5.97. The highest BCUT2D eigenvalue weighted by molar-refractivity contribution is 5.94. The number of aryl methyl sites for hydroxylation is 1. The fourth-order valence-electron chi connectivity index (χ4n) is 2.48. The predicted octanol–water partition coefficient (Wildman–Crippen LogP) is 0.413. The molecule has 0 spiro atoms. The smallest absolute Gasteiger partial charge is 0.272 e. The minimum atomic E-state index is -0.0888. The number of carbonyl (C=O) groups is 2. The molecule has 1 aliphatic rings. The van der Waals surface area contributed by atoms with Gasteiger partial charge in [0, 0.05) is 45.6 Å². The van der Waals surface area contributed by atoms with Gasteiger partial charge in [0.05, 0.1) is 11.8 Å². The largest absolute Gasteiger partial charge is 0.335 e. The van der Waals surface area contributed by atoms with Crippen LogP contribution in [0.1, 0.15) is 20.8 Å². The van der Waals surface area contributed by atoms with Crippen LogP contribution in [0.5, 0.6) is 0 Å². The lowest BCUT2D eigenvalue weighted by Gasteiger charge is -2.34. The van der Waals surface area contributed by atoms with Crippen molar-refractivity contribution in [3.63, 3.8) is 0 Å². The van der Waals surface area contributed by atoms with E-state index in [2.05, 4.69) is 10.1 Å². The summed E-state index contributed by atoms with van der Waals surface area (Å²) in [6.45, 7) is 2.07. The van der Waals surface area contributed by atoms with Gasteiger partial charge in [-0.25, -0.2) is 0 Å². The van der Waals surface area contributed by atoms with Crippen molar-refractivity contribution in [3.8, 4) is 0 Å². The Morgan fingerprint density at radius 1 is 1.05 bits per heavy atom. The number of nitrogens with zero attached hydrogens (tertiary/aromatic N) is 5. The van der Waals surface area contributed by atoms with Gasteiger partial charge in [-0.1, -0.05) is 6.07 Å². The van der Waals surface area contributed by atoms with E-state index >= 15 is 0 Å². The van der Waals surface area contributed by atoms with E-state index in [1.165, 1.54) is 0 Å². The molecule has 0 aliphatic carbocycles. The lowest BCUT2D eigenvalue weighted by atomic mass is 10.2. The first-order valence-corrected chi connectivity index (χ1v) is 7.13. The molecule has 7 heteroatoms. The quantitative estimate of drug-likeness (QED) is 0.805. The molecule has 1 aliphatic heterocycles. The lowest BCUT2D eigenvalue weighted by Crippen LogP contribution is -2.50. The summed E-state index contributed by atoms with van der Waals surface area (Å²) in [5.41, 5.74) is 1.02. The molecule has 3 rings (SSSR count). The second-order valence-corrected chi connectivity index (χ2v) is 5.20. The monoisotopic (exact) mass is 299 g/mol. The first kappa shape index (κ1) is 14.2. The van der Waals surface area contributed by atoms with Gasteiger partial charge >= 0.3 is 0 Å². The van der Waals surface area contributed by atoms with Crippen LogP contribution in [0.3, 0.4) is 0 Å². The van der Waals surface area contributed by atoms with Crippen LogP contribution in [-0.2, 0) is 7.05 Å². The molecule has 0 N–H and O–H groups in total. The topological polar surface area (TPSA) is 71.3 Å². The number of amides is 2. The third kappa shape index (κ3) is 2.83. The molecule has 0 radical (unpaired) electrons. The summed E-state index contributed by atoms with van der Waals surface area (Å²) in [5.74, 6) is -0.132. The molecule has 0 bridgehead atoms. The average Bonchev–Trinajstić information content (AvgIpc) is 3.01. The SMILES string of the molecule is Cn1cc(C(=O)N2CCN(C(=O)c3ccccn3)CC2)cn1. The highest BCUT2D eigenvalue weighted by atomic mass is 16.2. The maximum absolute atomic E-state index is 12.3. The molecule has 1 fully saturated rings. The van der Waals surface area contributed by atoms with Crippen LogP contribution >= 0.6 is 0 Å². The van der Waals surface area contributed by atoms with E-state index in [-0.39, 0.29) is 11.8 Å². The summed E-state index contributed by atoms with van der Waals surface area (Å²) in [6.07, 6.45) is 4.87. The molecular weight excluding hydrogens is 282 g/mol. The molecule has 7 nitrogen and oxygen atoms in total. The van der Waals surface area contributed by atoms with Crippen LogP contribution in [-0.4, -0.2) is 62.6 Å². The highest BCUT2D eigenvalue weighted by Crippen LogP contribution is 2.10. The van der Waals surface area contributed by atoms with Gasteiger partial charge in [-0.3, -0.25) is 19.3 Å². The first-order valence-electron chi connectivity index (χ1n) is 7.13. The number of carbonyl (C=O) groups excluding carboxylic acids is 2. The predicted molar refractivity (Wildman–Crippen MR) is 79.3 cm³/mol. The summed E-state index contributed by atoms with van der Waals surface area (Å²) >= 11 is 0.